The Kier molecular flexibility index (Phi) is 9.99. The van der Waals surface area contributed by atoms with E-state index in [0.29, 0.717) is 6.10 Å². The first-order chi connectivity index (χ1) is 7.52. The zero-order valence-electron chi connectivity index (χ0n) is 11.8. The van der Waals surface area contributed by atoms with Gasteiger partial charge in [0.2, 0.25) is 0 Å². The molecule has 0 aliphatic heterocycles. The van der Waals surface area contributed by atoms with E-state index < -0.39 is 0 Å². The van der Waals surface area contributed by atoms with Crippen molar-refractivity contribution < 1.29 is 4.74 Å². The van der Waals surface area contributed by atoms with Gasteiger partial charge < -0.3 is 15.0 Å². The fourth-order valence-corrected chi connectivity index (χ4v) is 1.34. The van der Waals surface area contributed by atoms with E-state index >= 15 is 0 Å². The third kappa shape index (κ3) is 12.0. The van der Waals surface area contributed by atoms with Gasteiger partial charge in [-0.05, 0) is 39.8 Å². The van der Waals surface area contributed by atoms with E-state index in [0.717, 1.165) is 38.7 Å². The minimum Gasteiger partial charge on any atom is -0.377 e. The van der Waals surface area contributed by atoms with Crippen molar-refractivity contribution in [3.63, 3.8) is 0 Å². The summed E-state index contributed by atoms with van der Waals surface area (Å²) >= 11 is 0. The van der Waals surface area contributed by atoms with Crippen LogP contribution < -0.4 is 5.32 Å². The van der Waals surface area contributed by atoms with E-state index in [1.807, 2.05) is 0 Å². The molecule has 3 heteroatoms. The zero-order chi connectivity index (χ0) is 12.4. The second kappa shape index (κ2) is 10.1. The fourth-order valence-electron chi connectivity index (χ4n) is 1.34. The van der Waals surface area contributed by atoms with Gasteiger partial charge in [0.1, 0.15) is 0 Å². The summed E-state index contributed by atoms with van der Waals surface area (Å²) in [5.41, 5.74) is 0. The monoisotopic (exact) mass is 230 g/mol. The van der Waals surface area contributed by atoms with E-state index in [1.165, 1.54) is 6.42 Å². The molecule has 16 heavy (non-hydrogen) atoms. The normalized spacial score (nSPS) is 12.0. The molecule has 0 aliphatic carbocycles. The van der Waals surface area contributed by atoms with Crippen LogP contribution in [0.2, 0.25) is 0 Å². The predicted molar refractivity (Wildman–Crippen MR) is 70.9 cm³/mol. The minimum absolute atomic E-state index is 0.345. The minimum atomic E-state index is 0.345. The average molecular weight is 230 g/mol. The Bertz CT molecular complexity index is 149. The summed E-state index contributed by atoms with van der Waals surface area (Å²) in [4.78, 5) is 2.31. The van der Waals surface area contributed by atoms with Gasteiger partial charge in [0, 0.05) is 19.6 Å². The standard InChI is InChI=1S/C13H30N2O/c1-12(2)6-7-14-8-9-15(5)10-11-16-13(3)4/h12-14H,6-11H2,1-5H3. The summed E-state index contributed by atoms with van der Waals surface area (Å²) in [6, 6.07) is 0. The van der Waals surface area contributed by atoms with E-state index in [4.69, 9.17) is 4.74 Å². The average Bonchev–Trinajstić information content (AvgIpc) is 2.16. The van der Waals surface area contributed by atoms with Crippen LogP contribution in [0.25, 0.3) is 0 Å². The second-order valence-corrected chi connectivity index (χ2v) is 5.16. The van der Waals surface area contributed by atoms with E-state index in [2.05, 4.69) is 45.0 Å². The van der Waals surface area contributed by atoms with Crippen LogP contribution in [0.1, 0.15) is 34.1 Å². The largest absolute Gasteiger partial charge is 0.377 e. The quantitative estimate of drug-likeness (QED) is 0.581. The number of nitrogens with one attached hydrogen (secondary N) is 1. The number of ether oxygens (including phenoxy) is 1. The molecule has 0 aliphatic rings. The van der Waals surface area contributed by atoms with Gasteiger partial charge in [0.05, 0.1) is 12.7 Å². The lowest BCUT2D eigenvalue weighted by Gasteiger charge is -2.18. The van der Waals surface area contributed by atoms with Gasteiger partial charge in [-0.1, -0.05) is 13.8 Å². The number of hydrogen-bond acceptors (Lipinski definition) is 3. The summed E-state index contributed by atoms with van der Waals surface area (Å²) in [7, 11) is 2.15. The third-order valence-corrected chi connectivity index (χ3v) is 2.49. The highest BCUT2D eigenvalue weighted by Crippen LogP contribution is 1.95. The summed E-state index contributed by atoms with van der Waals surface area (Å²) < 4.78 is 5.51. The van der Waals surface area contributed by atoms with Gasteiger partial charge in [0.25, 0.3) is 0 Å². The van der Waals surface area contributed by atoms with Crippen molar-refractivity contribution in [2.24, 2.45) is 5.92 Å². The third-order valence-electron chi connectivity index (χ3n) is 2.49. The van der Waals surface area contributed by atoms with Crippen molar-refractivity contribution in [2.75, 3.05) is 39.8 Å². The van der Waals surface area contributed by atoms with Gasteiger partial charge in [-0.25, -0.2) is 0 Å². The highest BCUT2D eigenvalue weighted by atomic mass is 16.5. The summed E-state index contributed by atoms with van der Waals surface area (Å²) in [6.45, 7) is 13.8. The lowest BCUT2D eigenvalue weighted by Crippen LogP contribution is -2.32. The Morgan fingerprint density at radius 2 is 1.75 bits per heavy atom. The van der Waals surface area contributed by atoms with Crippen LogP contribution >= 0.6 is 0 Å². The molecular formula is C13H30N2O. The van der Waals surface area contributed by atoms with Crippen LogP contribution in [0.5, 0.6) is 0 Å². The number of likely N-dealkylation sites (N-methyl/N-ethyl adjacent to an activating group) is 1. The molecule has 0 unspecified atom stereocenters. The van der Waals surface area contributed by atoms with E-state index in [1.54, 1.807) is 0 Å². The Balaban J connectivity index is 3.20. The summed E-state index contributed by atoms with van der Waals surface area (Å²) in [5.74, 6) is 0.796. The lowest BCUT2D eigenvalue weighted by molar-refractivity contribution is 0.0640. The molecule has 0 saturated heterocycles. The van der Waals surface area contributed by atoms with Crippen molar-refractivity contribution in [1.29, 1.82) is 0 Å². The molecule has 0 radical (unpaired) electrons. The molecule has 0 bridgehead atoms. The SMILES string of the molecule is CC(C)CCNCCN(C)CCOC(C)C. The molecule has 0 atom stereocenters. The highest BCUT2D eigenvalue weighted by Gasteiger charge is 1.99. The van der Waals surface area contributed by atoms with Crippen LogP contribution in [0.3, 0.4) is 0 Å². The topological polar surface area (TPSA) is 24.5 Å². The number of hydrogen-bond donors (Lipinski definition) is 1. The molecule has 3 nitrogen and oxygen atoms in total. The summed E-state index contributed by atoms with van der Waals surface area (Å²) in [5, 5.41) is 3.46. The van der Waals surface area contributed by atoms with Crippen molar-refractivity contribution in [1.82, 2.24) is 10.2 Å². The second-order valence-electron chi connectivity index (χ2n) is 5.16. The van der Waals surface area contributed by atoms with Crippen LogP contribution in [0, 0.1) is 5.92 Å². The number of nitrogens with zero attached hydrogens (tertiary/aromatic N) is 1. The van der Waals surface area contributed by atoms with Crippen LogP contribution in [0.15, 0.2) is 0 Å². The molecule has 0 fully saturated rings. The first kappa shape index (κ1) is 15.9. The summed E-state index contributed by atoms with van der Waals surface area (Å²) in [6.07, 6.45) is 1.61. The molecule has 0 aromatic heterocycles. The molecule has 0 aromatic rings. The molecule has 1 N–H and O–H groups in total. The van der Waals surface area contributed by atoms with Crippen LogP contribution in [-0.4, -0.2) is 50.8 Å². The van der Waals surface area contributed by atoms with Gasteiger partial charge in [-0.15, -0.1) is 0 Å². The van der Waals surface area contributed by atoms with Crippen molar-refractivity contribution >= 4 is 0 Å². The Morgan fingerprint density at radius 1 is 1.06 bits per heavy atom. The molecule has 0 aromatic carbocycles. The highest BCUT2D eigenvalue weighted by molar-refractivity contribution is 4.56. The van der Waals surface area contributed by atoms with Crippen molar-refractivity contribution in [2.45, 2.75) is 40.2 Å². The molecular weight excluding hydrogens is 200 g/mol. The first-order valence-electron chi connectivity index (χ1n) is 6.53. The Hall–Kier alpha value is -0.120. The number of rotatable bonds is 10. The van der Waals surface area contributed by atoms with Gasteiger partial charge in [-0.3, -0.25) is 0 Å². The fraction of sp³-hybridized carbons (Fsp3) is 1.00. The van der Waals surface area contributed by atoms with Gasteiger partial charge in [0.15, 0.2) is 0 Å². The van der Waals surface area contributed by atoms with E-state index in [-0.39, 0.29) is 0 Å². The lowest BCUT2D eigenvalue weighted by atomic mass is 10.1. The molecule has 98 valence electrons. The van der Waals surface area contributed by atoms with Crippen molar-refractivity contribution in [3.05, 3.63) is 0 Å². The first-order valence-corrected chi connectivity index (χ1v) is 6.53. The molecule has 0 amide bonds. The predicted octanol–water partition coefficient (Wildman–Crippen LogP) is 1.98. The molecule has 0 rings (SSSR count). The zero-order valence-corrected chi connectivity index (χ0v) is 11.8. The molecule has 0 saturated carbocycles. The molecule has 0 spiro atoms. The maximum atomic E-state index is 5.51. The molecule has 0 heterocycles. The maximum Gasteiger partial charge on any atom is 0.0596 e. The maximum absolute atomic E-state index is 5.51. The van der Waals surface area contributed by atoms with E-state index in [9.17, 15) is 0 Å². The van der Waals surface area contributed by atoms with Crippen LogP contribution in [-0.2, 0) is 4.74 Å². The van der Waals surface area contributed by atoms with Crippen LogP contribution in [0.4, 0.5) is 0 Å². The van der Waals surface area contributed by atoms with Gasteiger partial charge in [-0.2, -0.15) is 0 Å². The van der Waals surface area contributed by atoms with Gasteiger partial charge >= 0.3 is 0 Å². The Morgan fingerprint density at radius 3 is 2.31 bits per heavy atom. The smallest absolute Gasteiger partial charge is 0.0596 e. The van der Waals surface area contributed by atoms with Crippen molar-refractivity contribution in [3.8, 4) is 0 Å². The Labute approximate surface area is 102 Å².